The van der Waals surface area contributed by atoms with Gasteiger partial charge in [0.25, 0.3) is 0 Å². The van der Waals surface area contributed by atoms with E-state index in [2.05, 4.69) is 27.7 Å². The third-order valence-corrected chi connectivity index (χ3v) is 5.81. The van der Waals surface area contributed by atoms with Crippen LogP contribution in [0, 0.1) is 47.3 Å². The van der Waals surface area contributed by atoms with Gasteiger partial charge in [-0.3, -0.25) is 0 Å². The zero-order valence-corrected chi connectivity index (χ0v) is 10.0. The molecular weight excluding hydrogens is 168 g/mol. The van der Waals surface area contributed by atoms with E-state index in [0.717, 1.165) is 47.3 Å². The van der Waals surface area contributed by atoms with Gasteiger partial charge in [-0.2, -0.15) is 0 Å². The van der Waals surface area contributed by atoms with Crippen molar-refractivity contribution < 1.29 is 0 Å². The van der Waals surface area contributed by atoms with E-state index in [1.54, 1.807) is 12.8 Å². The van der Waals surface area contributed by atoms with Crippen LogP contribution in [0.15, 0.2) is 0 Å². The molecule has 0 aromatic rings. The Morgan fingerprint density at radius 3 is 2.21 bits per heavy atom. The van der Waals surface area contributed by atoms with Gasteiger partial charge in [0.1, 0.15) is 0 Å². The number of fused-ring (bicyclic) bond motifs is 2. The molecule has 0 aliphatic heterocycles. The minimum Gasteiger partial charge on any atom is -0.0625 e. The molecule has 0 spiro atoms. The number of hydrogen-bond acceptors (Lipinski definition) is 0. The van der Waals surface area contributed by atoms with Crippen molar-refractivity contribution in [1.82, 2.24) is 0 Å². The second-order valence-electron chi connectivity index (χ2n) is 6.68. The summed E-state index contributed by atoms with van der Waals surface area (Å²) < 4.78 is 0. The van der Waals surface area contributed by atoms with Crippen LogP contribution in [-0.4, -0.2) is 0 Å². The topological polar surface area (TPSA) is 0 Å². The van der Waals surface area contributed by atoms with Crippen molar-refractivity contribution in [3.05, 3.63) is 0 Å². The van der Waals surface area contributed by atoms with Gasteiger partial charge in [0, 0.05) is 0 Å². The van der Waals surface area contributed by atoms with Gasteiger partial charge in [-0.15, -0.1) is 0 Å². The highest BCUT2D eigenvalue weighted by molar-refractivity contribution is 5.09. The molecule has 3 aliphatic rings. The lowest BCUT2D eigenvalue weighted by molar-refractivity contribution is -0.100. The summed E-state index contributed by atoms with van der Waals surface area (Å²) in [6.45, 7) is 9.92. The molecule has 14 heavy (non-hydrogen) atoms. The van der Waals surface area contributed by atoms with Gasteiger partial charge in [-0.05, 0) is 60.2 Å². The minimum atomic E-state index is 0.925. The smallest absolute Gasteiger partial charge is 0.0326 e. The first-order chi connectivity index (χ1) is 6.61. The Hall–Kier alpha value is 0. The first-order valence-corrected chi connectivity index (χ1v) is 6.61. The molecule has 3 fully saturated rings. The molecule has 0 heteroatoms. The van der Waals surface area contributed by atoms with E-state index in [1.807, 2.05) is 0 Å². The van der Waals surface area contributed by atoms with Crippen LogP contribution in [0.3, 0.4) is 0 Å². The molecule has 0 bridgehead atoms. The zero-order valence-electron chi connectivity index (χ0n) is 10.0. The van der Waals surface area contributed by atoms with Crippen LogP contribution < -0.4 is 0 Å². The highest BCUT2D eigenvalue weighted by Gasteiger charge is 2.60. The van der Waals surface area contributed by atoms with Crippen LogP contribution in [-0.2, 0) is 0 Å². The van der Waals surface area contributed by atoms with E-state index in [-0.39, 0.29) is 0 Å². The maximum atomic E-state index is 2.54. The maximum absolute atomic E-state index is 2.54. The third-order valence-electron chi connectivity index (χ3n) is 5.81. The van der Waals surface area contributed by atoms with Crippen LogP contribution in [0.4, 0.5) is 0 Å². The molecule has 0 radical (unpaired) electrons. The van der Waals surface area contributed by atoms with Crippen LogP contribution in [0.25, 0.3) is 0 Å². The van der Waals surface area contributed by atoms with Crippen LogP contribution in [0.2, 0.25) is 0 Å². The van der Waals surface area contributed by atoms with Gasteiger partial charge >= 0.3 is 0 Å². The van der Waals surface area contributed by atoms with E-state index >= 15 is 0 Å². The number of hydrogen-bond donors (Lipinski definition) is 0. The van der Waals surface area contributed by atoms with Gasteiger partial charge < -0.3 is 0 Å². The Morgan fingerprint density at radius 1 is 0.929 bits per heavy atom. The molecule has 7 atom stereocenters. The summed E-state index contributed by atoms with van der Waals surface area (Å²) in [6, 6.07) is 0. The Morgan fingerprint density at radius 2 is 1.57 bits per heavy atom. The fourth-order valence-corrected chi connectivity index (χ4v) is 5.25. The predicted molar refractivity (Wildman–Crippen MR) is 59.9 cm³/mol. The maximum Gasteiger partial charge on any atom is -0.0326 e. The lowest BCUT2D eigenvalue weighted by atomic mass is 9.47. The first-order valence-electron chi connectivity index (χ1n) is 6.61. The van der Waals surface area contributed by atoms with Crippen molar-refractivity contribution in [3.63, 3.8) is 0 Å². The van der Waals surface area contributed by atoms with Crippen LogP contribution in [0.1, 0.15) is 40.5 Å². The van der Waals surface area contributed by atoms with Crippen molar-refractivity contribution in [1.29, 1.82) is 0 Å². The van der Waals surface area contributed by atoms with Gasteiger partial charge in [0.2, 0.25) is 0 Å². The second kappa shape index (κ2) is 2.77. The second-order valence-corrected chi connectivity index (χ2v) is 6.68. The fourth-order valence-electron chi connectivity index (χ4n) is 5.25. The molecule has 0 amide bonds. The molecule has 0 aromatic carbocycles. The highest BCUT2D eigenvalue weighted by atomic mass is 14.7. The molecule has 3 rings (SSSR count). The van der Waals surface area contributed by atoms with E-state index in [9.17, 15) is 0 Å². The number of rotatable bonds is 1. The van der Waals surface area contributed by atoms with E-state index < -0.39 is 0 Å². The molecule has 3 aliphatic carbocycles. The minimum absolute atomic E-state index is 0.925. The molecule has 3 saturated carbocycles. The van der Waals surface area contributed by atoms with Gasteiger partial charge in [-0.1, -0.05) is 27.7 Å². The molecule has 0 nitrogen and oxygen atoms in total. The average molecular weight is 192 g/mol. The standard InChI is InChI=1S/C14H24/c1-7(2)13-9(4)14-8(3)11-5-10(11)6-12(13)14/h7-14H,5-6H2,1-4H3. The van der Waals surface area contributed by atoms with Crippen molar-refractivity contribution in [3.8, 4) is 0 Å². The molecular formula is C14H24. The zero-order chi connectivity index (χ0) is 10.0. The Bertz CT molecular complexity index is 242. The normalized spacial score (nSPS) is 60.2. The van der Waals surface area contributed by atoms with Gasteiger partial charge in [0.15, 0.2) is 0 Å². The van der Waals surface area contributed by atoms with Gasteiger partial charge in [-0.25, -0.2) is 0 Å². The Kier molecular flexibility index (Phi) is 1.83. The summed E-state index contributed by atoms with van der Waals surface area (Å²) in [5.74, 6) is 8.58. The molecule has 0 aromatic heterocycles. The molecule has 7 unspecified atom stereocenters. The molecule has 0 heterocycles. The fraction of sp³-hybridized carbons (Fsp3) is 1.00. The summed E-state index contributed by atoms with van der Waals surface area (Å²) in [6.07, 6.45) is 3.17. The largest absolute Gasteiger partial charge is 0.0625 e. The Labute approximate surface area is 88.5 Å². The third kappa shape index (κ3) is 1.01. The summed E-state index contributed by atoms with van der Waals surface area (Å²) in [7, 11) is 0. The van der Waals surface area contributed by atoms with Crippen molar-refractivity contribution in [2.45, 2.75) is 40.5 Å². The quantitative estimate of drug-likeness (QED) is 0.592. The first kappa shape index (κ1) is 9.24. The summed E-state index contributed by atoms with van der Waals surface area (Å²) in [4.78, 5) is 0. The molecule has 80 valence electrons. The average Bonchev–Trinajstić information content (AvgIpc) is 2.81. The summed E-state index contributed by atoms with van der Waals surface area (Å²) in [5, 5.41) is 0. The van der Waals surface area contributed by atoms with Crippen molar-refractivity contribution >= 4 is 0 Å². The lowest BCUT2D eigenvalue weighted by Crippen LogP contribution is -2.53. The predicted octanol–water partition coefficient (Wildman–Crippen LogP) is 3.82. The van der Waals surface area contributed by atoms with Crippen LogP contribution >= 0.6 is 0 Å². The summed E-state index contributed by atoms with van der Waals surface area (Å²) >= 11 is 0. The highest BCUT2D eigenvalue weighted by Crippen LogP contribution is 2.67. The SMILES string of the molecule is CC(C)C1C(C)C2C(C)C3CC3CC12. The van der Waals surface area contributed by atoms with Crippen molar-refractivity contribution in [2.75, 3.05) is 0 Å². The monoisotopic (exact) mass is 192 g/mol. The van der Waals surface area contributed by atoms with E-state index in [4.69, 9.17) is 0 Å². The van der Waals surface area contributed by atoms with Crippen molar-refractivity contribution in [2.24, 2.45) is 47.3 Å². The summed E-state index contributed by atoms with van der Waals surface area (Å²) in [5.41, 5.74) is 0. The Balaban J connectivity index is 1.79. The van der Waals surface area contributed by atoms with E-state index in [0.29, 0.717) is 0 Å². The van der Waals surface area contributed by atoms with Gasteiger partial charge in [0.05, 0.1) is 0 Å². The lowest BCUT2D eigenvalue weighted by Gasteiger charge is -2.58. The molecule has 0 N–H and O–H groups in total. The van der Waals surface area contributed by atoms with E-state index in [1.165, 1.54) is 0 Å². The molecule has 0 saturated heterocycles. The van der Waals surface area contributed by atoms with Crippen LogP contribution in [0.5, 0.6) is 0 Å².